The Morgan fingerprint density at radius 1 is 1.31 bits per heavy atom. The Hall–Kier alpha value is -1.84. The molecule has 0 aliphatic heterocycles. The highest BCUT2D eigenvalue weighted by Gasteiger charge is 1.95. The molecule has 2 aromatic rings. The highest BCUT2D eigenvalue weighted by Crippen LogP contribution is 2.12. The summed E-state index contributed by atoms with van der Waals surface area (Å²) in [5, 5.41) is 7.23. The van der Waals surface area contributed by atoms with Crippen molar-refractivity contribution in [2.24, 2.45) is 7.05 Å². The summed E-state index contributed by atoms with van der Waals surface area (Å²) in [5.74, 6) is 0. The van der Waals surface area contributed by atoms with Gasteiger partial charge in [-0.25, -0.2) is 0 Å². The second-order valence-electron chi connectivity index (χ2n) is 2.77. The van der Waals surface area contributed by atoms with E-state index in [9.17, 15) is 0 Å². The van der Waals surface area contributed by atoms with Gasteiger partial charge >= 0.3 is 0 Å². The Labute approximate surface area is 76.2 Å². The molecule has 0 spiro atoms. The number of hydrogen-bond donors (Lipinski definition) is 1. The van der Waals surface area contributed by atoms with Gasteiger partial charge < -0.3 is 5.32 Å². The second kappa shape index (κ2) is 3.26. The monoisotopic (exact) mass is 174 g/mol. The van der Waals surface area contributed by atoms with Crippen molar-refractivity contribution in [2.45, 2.75) is 0 Å². The van der Waals surface area contributed by atoms with E-state index in [-0.39, 0.29) is 0 Å². The number of nitrogens with zero attached hydrogens (tertiary/aromatic N) is 3. The normalized spacial score (nSPS) is 9.92. The predicted octanol–water partition coefficient (Wildman–Crippen LogP) is 1.56. The minimum atomic E-state index is 0.968. The van der Waals surface area contributed by atoms with Gasteiger partial charge in [-0.3, -0.25) is 9.67 Å². The van der Waals surface area contributed by atoms with Gasteiger partial charge in [-0.2, -0.15) is 5.10 Å². The first-order valence-electron chi connectivity index (χ1n) is 4.00. The molecule has 0 amide bonds. The predicted molar refractivity (Wildman–Crippen MR) is 50.7 cm³/mol. The van der Waals surface area contributed by atoms with E-state index in [1.807, 2.05) is 25.4 Å². The SMILES string of the molecule is Cn1cc(Nc2cccnc2)cn1. The van der Waals surface area contributed by atoms with Crippen LogP contribution in [0.1, 0.15) is 0 Å². The third kappa shape index (κ3) is 1.84. The molecular weight excluding hydrogens is 164 g/mol. The van der Waals surface area contributed by atoms with E-state index in [1.165, 1.54) is 0 Å². The fraction of sp³-hybridized carbons (Fsp3) is 0.111. The Kier molecular flexibility index (Phi) is 1.96. The van der Waals surface area contributed by atoms with Crippen molar-refractivity contribution < 1.29 is 0 Å². The second-order valence-corrected chi connectivity index (χ2v) is 2.77. The molecule has 0 saturated carbocycles. The van der Waals surface area contributed by atoms with Gasteiger partial charge in [0.25, 0.3) is 0 Å². The largest absolute Gasteiger partial charge is 0.352 e. The first-order valence-corrected chi connectivity index (χ1v) is 4.00. The molecule has 0 bridgehead atoms. The number of rotatable bonds is 2. The molecule has 0 aliphatic rings. The number of pyridine rings is 1. The molecule has 0 aliphatic carbocycles. The average molecular weight is 174 g/mol. The standard InChI is InChI=1S/C9H10N4/c1-13-7-9(6-11-13)12-8-3-2-4-10-5-8/h2-7,12H,1H3. The van der Waals surface area contributed by atoms with Crippen molar-refractivity contribution >= 4 is 11.4 Å². The van der Waals surface area contributed by atoms with Crippen LogP contribution in [0.25, 0.3) is 0 Å². The highest BCUT2D eigenvalue weighted by molar-refractivity contribution is 5.56. The Morgan fingerprint density at radius 3 is 2.85 bits per heavy atom. The summed E-state index contributed by atoms with van der Waals surface area (Å²) < 4.78 is 1.75. The van der Waals surface area contributed by atoms with Gasteiger partial charge in [-0.05, 0) is 12.1 Å². The zero-order chi connectivity index (χ0) is 9.10. The molecule has 0 fully saturated rings. The van der Waals surface area contributed by atoms with Crippen LogP contribution in [0.5, 0.6) is 0 Å². The minimum absolute atomic E-state index is 0.968. The quantitative estimate of drug-likeness (QED) is 0.751. The summed E-state index contributed by atoms with van der Waals surface area (Å²) in [5.41, 5.74) is 1.94. The zero-order valence-corrected chi connectivity index (χ0v) is 7.31. The van der Waals surface area contributed by atoms with Crippen LogP contribution in [-0.2, 0) is 7.05 Å². The molecule has 13 heavy (non-hydrogen) atoms. The van der Waals surface area contributed by atoms with Crippen LogP contribution in [-0.4, -0.2) is 14.8 Å². The van der Waals surface area contributed by atoms with Gasteiger partial charge in [0.1, 0.15) is 0 Å². The first kappa shape index (κ1) is 7.79. The smallest absolute Gasteiger partial charge is 0.0770 e. The number of hydrogen-bond acceptors (Lipinski definition) is 3. The maximum absolute atomic E-state index is 4.05. The van der Waals surface area contributed by atoms with Crippen molar-refractivity contribution in [2.75, 3.05) is 5.32 Å². The molecule has 0 unspecified atom stereocenters. The molecule has 1 N–H and O–H groups in total. The maximum atomic E-state index is 4.05. The summed E-state index contributed by atoms with van der Waals surface area (Å²) in [6.45, 7) is 0. The summed E-state index contributed by atoms with van der Waals surface area (Å²) in [4.78, 5) is 4.00. The van der Waals surface area contributed by atoms with Crippen molar-refractivity contribution in [3.8, 4) is 0 Å². The molecule has 0 atom stereocenters. The highest BCUT2D eigenvalue weighted by atomic mass is 15.3. The van der Waals surface area contributed by atoms with Crippen LogP contribution in [0.2, 0.25) is 0 Å². The number of anilines is 2. The Bertz CT molecular complexity index is 380. The van der Waals surface area contributed by atoms with Crippen molar-refractivity contribution in [3.05, 3.63) is 36.9 Å². The lowest BCUT2D eigenvalue weighted by Crippen LogP contribution is -1.88. The minimum Gasteiger partial charge on any atom is -0.352 e. The average Bonchev–Trinajstić information content (AvgIpc) is 2.53. The lowest BCUT2D eigenvalue weighted by atomic mass is 10.4. The topological polar surface area (TPSA) is 42.7 Å². The summed E-state index contributed by atoms with van der Waals surface area (Å²) >= 11 is 0. The van der Waals surface area contributed by atoms with E-state index >= 15 is 0 Å². The molecule has 66 valence electrons. The van der Waals surface area contributed by atoms with Crippen LogP contribution in [0.4, 0.5) is 11.4 Å². The van der Waals surface area contributed by atoms with Gasteiger partial charge in [0.2, 0.25) is 0 Å². The van der Waals surface area contributed by atoms with Gasteiger partial charge in [0.05, 0.1) is 23.8 Å². The molecule has 0 saturated heterocycles. The van der Waals surface area contributed by atoms with Crippen LogP contribution in [0.3, 0.4) is 0 Å². The van der Waals surface area contributed by atoms with E-state index in [0.717, 1.165) is 11.4 Å². The van der Waals surface area contributed by atoms with Crippen molar-refractivity contribution in [3.63, 3.8) is 0 Å². The molecule has 0 radical (unpaired) electrons. The van der Waals surface area contributed by atoms with Crippen LogP contribution < -0.4 is 5.32 Å². The van der Waals surface area contributed by atoms with Crippen LogP contribution in [0.15, 0.2) is 36.9 Å². The zero-order valence-electron chi connectivity index (χ0n) is 7.31. The maximum Gasteiger partial charge on any atom is 0.0770 e. The van der Waals surface area contributed by atoms with E-state index in [4.69, 9.17) is 0 Å². The van der Waals surface area contributed by atoms with Crippen molar-refractivity contribution in [1.29, 1.82) is 0 Å². The third-order valence-corrected chi connectivity index (χ3v) is 1.66. The van der Waals surface area contributed by atoms with Gasteiger partial charge in [0.15, 0.2) is 0 Å². The fourth-order valence-corrected chi connectivity index (χ4v) is 1.09. The Morgan fingerprint density at radius 2 is 2.23 bits per heavy atom. The van der Waals surface area contributed by atoms with E-state index in [1.54, 1.807) is 23.3 Å². The van der Waals surface area contributed by atoms with Crippen LogP contribution in [0, 0.1) is 0 Å². The molecular formula is C9H10N4. The van der Waals surface area contributed by atoms with E-state index in [0.29, 0.717) is 0 Å². The lowest BCUT2D eigenvalue weighted by Gasteiger charge is -2.00. The van der Waals surface area contributed by atoms with Gasteiger partial charge in [-0.15, -0.1) is 0 Å². The van der Waals surface area contributed by atoms with Crippen LogP contribution >= 0.6 is 0 Å². The first-order chi connectivity index (χ1) is 6.34. The van der Waals surface area contributed by atoms with Crippen molar-refractivity contribution in [1.82, 2.24) is 14.8 Å². The molecule has 0 aromatic carbocycles. The van der Waals surface area contributed by atoms with E-state index < -0.39 is 0 Å². The summed E-state index contributed by atoms with van der Waals surface area (Å²) in [7, 11) is 1.88. The number of aromatic nitrogens is 3. The Balaban J connectivity index is 2.15. The molecule has 2 rings (SSSR count). The van der Waals surface area contributed by atoms with Gasteiger partial charge in [-0.1, -0.05) is 0 Å². The lowest BCUT2D eigenvalue weighted by molar-refractivity contribution is 0.768. The number of aryl methyl sites for hydroxylation is 1. The molecule has 4 nitrogen and oxygen atoms in total. The third-order valence-electron chi connectivity index (χ3n) is 1.66. The number of nitrogens with one attached hydrogen (secondary N) is 1. The molecule has 2 heterocycles. The summed E-state index contributed by atoms with van der Waals surface area (Å²) in [6, 6.07) is 3.85. The molecule has 4 heteroatoms. The summed E-state index contributed by atoms with van der Waals surface area (Å²) in [6.07, 6.45) is 7.20. The fourth-order valence-electron chi connectivity index (χ4n) is 1.09. The van der Waals surface area contributed by atoms with E-state index in [2.05, 4.69) is 15.4 Å². The molecule has 2 aromatic heterocycles. The van der Waals surface area contributed by atoms with Gasteiger partial charge in [0, 0.05) is 19.4 Å².